The highest BCUT2D eigenvalue weighted by Gasteiger charge is 2.20. The Hall–Kier alpha value is -1.32. The maximum absolute atomic E-state index is 5.60. The largest absolute Gasteiger partial charge is 0.341 e. The summed E-state index contributed by atoms with van der Waals surface area (Å²) in [7, 11) is 0. The Bertz CT molecular complexity index is 654. The highest BCUT2D eigenvalue weighted by atomic mass is 79.9. The van der Waals surface area contributed by atoms with Crippen LogP contribution in [-0.2, 0) is 12.8 Å². The lowest BCUT2D eigenvalue weighted by Gasteiger charge is -2.27. The Morgan fingerprint density at radius 1 is 0.870 bits per heavy atom. The summed E-state index contributed by atoms with van der Waals surface area (Å²) in [5.41, 5.74) is 11.3. The molecule has 2 nitrogen and oxygen atoms in total. The van der Waals surface area contributed by atoms with Gasteiger partial charge in [0, 0.05) is 22.4 Å². The van der Waals surface area contributed by atoms with E-state index in [1.165, 1.54) is 46.2 Å². The quantitative estimate of drug-likeness (QED) is 0.705. The molecule has 2 aromatic rings. The SMILES string of the molecule is NCCCCCCN1c2ccccc2CCc2cc(Br)ccc21. The predicted molar refractivity (Wildman–Crippen MR) is 103 cm³/mol. The van der Waals surface area contributed by atoms with Crippen LogP contribution in [0.25, 0.3) is 0 Å². The third-order valence-corrected chi connectivity index (χ3v) is 5.11. The predicted octanol–water partition coefficient (Wildman–Crippen LogP) is 5.20. The lowest BCUT2D eigenvalue weighted by Crippen LogP contribution is -2.19. The number of aryl methyl sites for hydroxylation is 2. The molecule has 0 bridgehead atoms. The summed E-state index contributed by atoms with van der Waals surface area (Å²) < 4.78 is 1.17. The van der Waals surface area contributed by atoms with E-state index in [4.69, 9.17) is 5.73 Å². The number of unbranched alkanes of at least 4 members (excludes halogenated alkanes) is 3. The fourth-order valence-electron chi connectivity index (χ4n) is 3.41. The van der Waals surface area contributed by atoms with Gasteiger partial charge in [-0.15, -0.1) is 0 Å². The monoisotopic (exact) mass is 372 g/mol. The van der Waals surface area contributed by atoms with Crippen molar-refractivity contribution in [3.05, 3.63) is 58.1 Å². The van der Waals surface area contributed by atoms with Gasteiger partial charge in [0.15, 0.2) is 0 Å². The molecule has 2 N–H and O–H groups in total. The van der Waals surface area contributed by atoms with E-state index in [1.54, 1.807) is 0 Å². The van der Waals surface area contributed by atoms with E-state index in [9.17, 15) is 0 Å². The molecular formula is C20H25BrN2. The number of para-hydroxylation sites is 1. The number of halogens is 1. The average Bonchev–Trinajstić information content (AvgIpc) is 2.72. The van der Waals surface area contributed by atoms with E-state index in [0.717, 1.165) is 32.4 Å². The fourth-order valence-corrected chi connectivity index (χ4v) is 3.82. The van der Waals surface area contributed by atoms with Gasteiger partial charge in [0.1, 0.15) is 0 Å². The molecule has 0 fully saturated rings. The molecule has 0 spiro atoms. The van der Waals surface area contributed by atoms with Crippen molar-refractivity contribution < 1.29 is 0 Å². The number of anilines is 2. The van der Waals surface area contributed by atoms with Gasteiger partial charge in [0.2, 0.25) is 0 Å². The van der Waals surface area contributed by atoms with Gasteiger partial charge in [-0.05, 0) is 67.6 Å². The summed E-state index contributed by atoms with van der Waals surface area (Å²) in [6.07, 6.45) is 7.06. The van der Waals surface area contributed by atoms with Gasteiger partial charge >= 0.3 is 0 Å². The molecule has 0 radical (unpaired) electrons. The van der Waals surface area contributed by atoms with Crippen molar-refractivity contribution >= 4 is 27.3 Å². The zero-order chi connectivity index (χ0) is 16.1. The Kier molecular flexibility index (Phi) is 5.74. The molecule has 0 saturated carbocycles. The average molecular weight is 373 g/mol. The zero-order valence-electron chi connectivity index (χ0n) is 13.6. The molecule has 1 aliphatic heterocycles. The standard InChI is InChI=1S/C20H25BrN2/c21-18-11-12-20-17(15-18)10-9-16-7-3-4-8-19(16)23(20)14-6-2-1-5-13-22/h3-4,7-8,11-12,15H,1-2,5-6,9-10,13-14,22H2. The number of benzene rings is 2. The van der Waals surface area contributed by atoms with Crippen molar-refractivity contribution in [2.24, 2.45) is 5.73 Å². The van der Waals surface area contributed by atoms with Crippen LogP contribution in [0.1, 0.15) is 36.8 Å². The van der Waals surface area contributed by atoms with Crippen LogP contribution in [0.15, 0.2) is 46.9 Å². The van der Waals surface area contributed by atoms with Crippen molar-refractivity contribution in [3.63, 3.8) is 0 Å². The maximum Gasteiger partial charge on any atom is 0.0444 e. The van der Waals surface area contributed by atoms with E-state index in [2.05, 4.69) is 63.3 Å². The molecule has 0 aromatic heterocycles. The summed E-state index contributed by atoms with van der Waals surface area (Å²) >= 11 is 3.62. The number of fused-ring (bicyclic) bond motifs is 2. The Morgan fingerprint density at radius 3 is 2.48 bits per heavy atom. The van der Waals surface area contributed by atoms with Crippen LogP contribution in [0, 0.1) is 0 Å². The molecule has 0 atom stereocenters. The first-order chi connectivity index (χ1) is 11.3. The topological polar surface area (TPSA) is 29.3 Å². The van der Waals surface area contributed by atoms with Gasteiger partial charge in [-0.25, -0.2) is 0 Å². The third-order valence-electron chi connectivity index (χ3n) is 4.61. The van der Waals surface area contributed by atoms with E-state index in [0.29, 0.717) is 0 Å². The number of hydrogen-bond donors (Lipinski definition) is 1. The molecule has 1 aliphatic rings. The Balaban J connectivity index is 1.86. The van der Waals surface area contributed by atoms with Crippen molar-refractivity contribution in [2.75, 3.05) is 18.0 Å². The van der Waals surface area contributed by atoms with Crippen molar-refractivity contribution in [1.82, 2.24) is 0 Å². The molecular weight excluding hydrogens is 348 g/mol. The Labute approximate surface area is 147 Å². The highest BCUT2D eigenvalue weighted by molar-refractivity contribution is 9.10. The maximum atomic E-state index is 5.60. The highest BCUT2D eigenvalue weighted by Crippen LogP contribution is 2.37. The van der Waals surface area contributed by atoms with Gasteiger partial charge in [0.05, 0.1) is 0 Å². The summed E-state index contributed by atoms with van der Waals surface area (Å²) in [5, 5.41) is 0. The molecule has 3 heteroatoms. The van der Waals surface area contributed by atoms with Crippen molar-refractivity contribution in [3.8, 4) is 0 Å². The molecule has 0 unspecified atom stereocenters. The molecule has 2 aromatic carbocycles. The van der Waals surface area contributed by atoms with Gasteiger partial charge < -0.3 is 10.6 Å². The van der Waals surface area contributed by atoms with E-state index < -0.39 is 0 Å². The molecule has 0 aliphatic carbocycles. The third kappa shape index (κ3) is 3.96. The first-order valence-corrected chi connectivity index (χ1v) is 9.43. The van der Waals surface area contributed by atoms with E-state index in [-0.39, 0.29) is 0 Å². The lowest BCUT2D eigenvalue weighted by molar-refractivity contribution is 0.648. The lowest BCUT2D eigenvalue weighted by atomic mass is 10.0. The number of nitrogens with zero attached hydrogens (tertiary/aromatic N) is 1. The fraction of sp³-hybridized carbons (Fsp3) is 0.400. The van der Waals surface area contributed by atoms with Crippen LogP contribution in [0.5, 0.6) is 0 Å². The first kappa shape index (κ1) is 16.5. The minimum atomic E-state index is 0.809. The van der Waals surface area contributed by atoms with Crippen molar-refractivity contribution in [2.45, 2.75) is 38.5 Å². The van der Waals surface area contributed by atoms with Gasteiger partial charge in [-0.2, -0.15) is 0 Å². The van der Waals surface area contributed by atoms with Crippen LogP contribution >= 0.6 is 15.9 Å². The van der Waals surface area contributed by atoms with Crippen LogP contribution in [0.3, 0.4) is 0 Å². The van der Waals surface area contributed by atoms with E-state index >= 15 is 0 Å². The minimum Gasteiger partial charge on any atom is -0.341 e. The summed E-state index contributed by atoms with van der Waals surface area (Å²) in [5.74, 6) is 0. The van der Waals surface area contributed by atoms with Crippen LogP contribution in [0.2, 0.25) is 0 Å². The van der Waals surface area contributed by atoms with Crippen LogP contribution in [-0.4, -0.2) is 13.1 Å². The van der Waals surface area contributed by atoms with Crippen molar-refractivity contribution in [1.29, 1.82) is 0 Å². The Morgan fingerprint density at radius 2 is 1.61 bits per heavy atom. The van der Waals surface area contributed by atoms with Gasteiger partial charge in [0.25, 0.3) is 0 Å². The molecule has 0 saturated heterocycles. The van der Waals surface area contributed by atoms with Crippen LogP contribution < -0.4 is 10.6 Å². The second-order valence-electron chi connectivity index (χ2n) is 6.26. The summed E-state index contributed by atoms with van der Waals surface area (Å²) in [6, 6.07) is 15.6. The van der Waals surface area contributed by atoms with Crippen LogP contribution in [0.4, 0.5) is 11.4 Å². The first-order valence-electron chi connectivity index (χ1n) is 8.63. The molecule has 122 valence electrons. The zero-order valence-corrected chi connectivity index (χ0v) is 15.2. The number of nitrogens with two attached hydrogens (primary N) is 1. The second kappa shape index (κ2) is 7.98. The smallest absolute Gasteiger partial charge is 0.0444 e. The molecule has 3 rings (SSSR count). The number of hydrogen-bond acceptors (Lipinski definition) is 2. The number of rotatable bonds is 6. The molecule has 23 heavy (non-hydrogen) atoms. The minimum absolute atomic E-state index is 0.809. The normalized spacial score (nSPS) is 13.4. The van der Waals surface area contributed by atoms with Gasteiger partial charge in [-0.1, -0.05) is 47.0 Å². The molecule has 1 heterocycles. The molecule has 0 amide bonds. The second-order valence-corrected chi connectivity index (χ2v) is 7.17. The summed E-state index contributed by atoms with van der Waals surface area (Å²) in [6.45, 7) is 1.89. The van der Waals surface area contributed by atoms with Gasteiger partial charge in [-0.3, -0.25) is 0 Å². The van der Waals surface area contributed by atoms with E-state index in [1.807, 2.05) is 0 Å². The summed E-state index contributed by atoms with van der Waals surface area (Å²) in [4.78, 5) is 2.52.